The van der Waals surface area contributed by atoms with E-state index in [9.17, 15) is 9.59 Å². The number of aliphatic carboxylic acids is 1. The quantitative estimate of drug-likeness (QED) is 0.363. The van der Waals surface area contributed by atoms with Gasteiger partial charge in [-0.15, -0.1) is 11.3 Å². The number of ether oxygens (including phenoxy) is 1. The number of carbonyl (C=O) groups excluding carboxylic acids is 1. The first-order valence-corrected chi connectivity index (χ1v) is 12.0. The molecule has 0 saturated heterocycles. The van der Waals surface area contributed by atoms with Gasteiger partial charge >= 0.3 is 5.97 Å². The topological polar surface area (TPSA) is 75.6 Å². The average Bonchev–Trinajstić information content (AvgIpc) is 3.23. The van der Waals surface area contributed by atoms with Crippen LogP contribution in [0.15, 0.2) is 54.6 Å². The zero-order valence-corrected chi connectivity index (χ0v) is 20.4. The van der Waals surface area contributed by atoms with Crippen molar-refractivity contribution in [2.75, 3.05) is 6.54 Å². The van der Waals surface area contributed by atoms with Gasteiger partial charge in [0.25, 0.3) is 5.91 Å². The normalized spacial score (nSPS) is 11.9. The van der Waals surface area contributed by atoms with E-state index >= 15 is 0 Å². The highest BCUT2D eigenvalue weighted by molar-refractivity contribution is 7.14. The average molecular weight is 466 g/mol. The van der Waals surface area contributed by atoms with Crippen LogP contribution in [0.3, 0.4) is 0 Å². The number of hydrogen-bond acceptors (Lipinski definition) is 4. The third kappa shape index (κ3) is 6.68. The van der Waals surface area contributed by atoms with Gasteiger partial charge in [0.05, 0.1) is 11.3 Å². The van der Waals surface area contributed by atoms with Gasteiger partial charge in [0.1, 0.15) is 11.9 Å². The second-order valence-electron chi connectivity index (χ2n) is 8.64. The molecule has 174 valence electrons. The van der Waals surface area contributed by atoms with Gasteiger partial charge in [0.2, 0.25) is 0 Å². The fraction of sp³-hybridized carbons (Fsp3) is 0.333. The minimum atomic E-state index is -0.934. The van der Waals surface area contributed by atoms with E-state index in [0.717, 1.165) is 28.2 Å². The minimum absolute atomic E-state index is 0.0965. The molecular formula is C27H31NO4S. The van der Waals surface area contributed by atoms with Crippen molar-refractivity contribution in [1.82, 2.24) is 5.32 Å². The lowest BCUT2D eigenvalue weighted by atomic mass is 9.95. The molecule has 1 heterocycles. The van der Waals surface area contributed by atoms with Crippen molar-refractivity contribution in [3.8, 4) is 16.9 Å². The van der Waals surface area contributed by atoms with Crippen molar-refractivity contribution in [1.29, 1.82) is 0 Å². The van der Waals surface area contributed by atoms with E-state index in [1.165, 1.54) is 22.5 Å². The molecule has 6 heteroatoms. The second-order valence-corrected chi connectivity index (χ2v) is 9.75. The molecule has 0 aliphatic carbocycles. The lowest BCUT2D eigenvalue weighted by Crippen LogP contribution is -2.25. The molecule has 3 rings (SSSR count). The molecule has 0 saturated carbocycles. The smallest absolute Gasteiger partial charge is 0.305 e. The molecule has 2 N–H and O–H groups in total. The largest absolute Gasteiger partial charge is 0.485 e. The Labute approximate surface area is 199 Å². The standard InChI is InChI=1S/C27H31NO4S/c1-17(2)14-22(23-10-11-24(33-23)27(31)28-13-12-25(29)30)32-21-15-18(3)26(19(4)16-21)20-8-6-5-7-9-20/h5-11,15-17,22H,12-14H2,1-4H3,(H,28,31)(H,29,30)/t22-/m1/s1. The maximum absolute atomic E-state index is 12.4. The Bertz CT molecular complexity index is 1080. The van der Waals surface area contributed by atoms with Gasteiger partial charge in [-0.2, -0.15) is 0 Å². The molecule has 2 aromatic carbocycles. The van der Waals surface area contributed by atoms with Gasteiger partial charge in [-0.1, -0.05) is 44.2 Å². The number of amides is 1. The minimum Gasteiger partial charge on any atom is -0.485 e. The van der Waals surface area contributed by atoms with Crippen LogP contribution in [0.5, 0.6) is 5.75 Å². The Kier molecular flexibility index (Phi) is 8.28. The monoisotopic (exact) mass is 465 g/mol. The Morgan fingerprint density at radius 1 is 1.03 bits per heavy atom. The molecule has 5 nitrogen and oxygen atoms in total. The third-order valence-electron chi connectivity index (χ3n) is 5.32. The summed E-state index contributed by atoms with van der Waals surface area (Å²) in [5, 5.41) is 11.4. The first-order chi connectivity index (χ1) is 15.7. The van der Waals surface area contributed by atoms with E-state index in [4.69, 9.17) is 9.84 Å². The first kappa shape index (κ1) is 24.5. The molecule has 0 unspecified atom stereocenters. The Balaban J connectivity index is 1.80. The number of nitrogens with one attached hydrogen (secondary N) is 1. The second kappa shape index (κ2) is 11.1. The van der Waals surface area contributed by atoms with Gasteiger partial charge < -0.3 is 15.2 Å². The SMILES string of the molecule is Cc1cc(O[C@H](CC(C)C)c2ccc(C(=O)NCCC(=O)O)s2)cc(C)c1-c1ccccc1. The van der Waals surface area contributed by atoms with Gasteiger partial charge in [0, 0.05) is 11.4 Å². The Morgan fingerprint density at radius 3 is 2.30 bits per heavy atom. The predicted octanol–water partition coefficient (Wildman–Crippen LogP) is 6.40. The van der Waals surface area contributed by atoms with Crippen LogP contribution >= 0.6 is 11.3 Å². The number of rotatable bonds is 10. The highest BCUT2D eigenvalue weighted by Crippen LogP contribution is 2.36. The summed E-state index contributed by atoms with van der Waals surface area (Å²) in [4.78, 5) is 24.6. The summed E-state index contributed by atoms with van der Waals surface area (Å²) in [6.45, 7) is 8.62. The summed E-state index contributed by atoms with van der Waals surface area (Å²) < 4.78 is 6.47. The van der Waals surface area contributed by atoms with E-state index in [0.29, 0.717) is 10.8 Å². The molecule has 1 amide bonds. The predicted molar refractivity (Wildman–Crippen MR) is 133 cm³/mol. The molecule has 0 radical (unpaired) electrons. The van der Waals surface area contributed by atoms with Crippen LogP contribution in [-0.4, -0.2) is 23.5 Å². The summed E-state index contributed by atoms with van der Waals surface area (Å²) in [6.07, 6.45) is 0.553. The molecule has 3 aromatic rings. The molecule has 1 atom stereocenters. The lowest BCUT2D eigenvalue weighted by molar-refractivity contribution is -0.136. The lowest BCUT2D eigenvalue weighted by Gasteiger charge is -2.21. The van der Waals surface area contributed by atoms with Crippen LogP contribution in [-0.2, 0) is 4.79 Å². The van der Waals surface area contributed by atoms with Crippen LogP contribution in [0.4, 0.5) is 0 Å². The summed E-state index contributed by atoms with van der Waals surface area (Å²) in [7, 11) is 0. The van der Waals surface area contributed by atoms with Crippen LogP contribution in [0.25, 0.3) is 11.1 Å². The highest BCUT2D eigenvalue weighted by atomic mass is 32.1. The van der Waals surface area contributed by atoms with Crippen LogP contribution < -0.4 is 10.1 Å². The van der Waals surface area contributed by atoms with E-state index in [2.05, 4.69) is 57.3 Å². The maximum Gasteiger partial charge on any atom is 0.305 e. The van der Waals surface area contributed by atoms with E-state index in [-0.39, 0.29) is 25.0 Å². The Morgan fingerprint density at radius 2 is 1.70 bits per heavy atom. The van der Waals surface area contributed by atoms with Gasteiger partial charge in [-0.3, -0.25) is 9.59 Å². The van der Waals surface area contributed by atoms with Crippen LogP contribution in [0.1, 0.15) is 58.5 Å². The summed E-state index contributed by atoms with van der Waals surface area (Å²) in [5.74, 6) is 0.0399. The van der Waals surface area contributed by atoms with Crippen molar-refractivity contribution in [3.05, 3.63) is 75.5 Å². The molecule has 0 aliphatic heterocycles. The van der Waals surface area contributed by atoms with E-state index in [1.54, 1.807) is 6.07 Å². The molecular weight excluding hydrogens is 434 g/mol. The fourth-order valence-electron chi connectivity index (χ4n) is 3.88. The number of thiophene rings is 1. The number of benzene rings is 2. The highest BCUT2D eigenvalue weighted by Gasteiger charge is 2.20. The van der Waals surface area contributed by atoms with Crippen molar-refractivity contribution in [2.45, 2.75) is 46.6 Å². The number of carboxylic acid groups (broad SMARTS) is 1. The van der Waals surface area contributed by atoms with Gasteiger partial charge in [0.15, 0.2) is 0 Å². The maximum atomic E-state index is 12.4. The van der Waals surface area contributed by atoms with Gasteiger partial charge in [-0.05, 0) is 72.7 Å². The molecule has 0 bridgehead atoms. The van der Waals surface area contributed by atoms with Crippen molar-refractivity contribution in [3.63, 3.8) is 0 Å². The number of hydrogen-bond donors (Lipinski definition) is 2. The molecule has 33 heavy (non-hydrogen) atoms. The zero-order chi connectivity index (χ0) is 24.0. The Hall–Kier alpha value is -3.12. The third-order valence-corrected chi connectivity index (χ3v) is 6.50. The first-order valence-electron chi connectivity index (χ1n) is 11.2. The molecule has 0 aliphatic rings. The summed E-state index contributed by atoms with van der Waals surface area (Å²) >= 11 is 1.39. The fourth-order valence-corrected chi connectivity index (χ4v) is 4.85. The van der Waals surface area contributed by atoms with Gasteiger partial charge in [-0.25, -0.2) is 0 Å². The molecule has 0 fully saturated rings. The van der Waals surface area contributed by atoms with E-state index in [1.807, 2.05) is 24.3 Å². The van der Waals surface area contributed by atoms with E-state index < -0.39 is 5.97 Å². The van der Waals surface area contributed by atoms with Crippen LogP contribution in [0, 0.1) is 19.8 Å². The van der Waals surface area contributed by atoms with Crippen molar-refractivity contribution >= 4 is 23.2 Å². The van der Waals surface area contributed by atoms with Crippen molar-refractivity contribution < 1.29 is 19.4 Å². The zero-order valence-electron chi connectivity index (χ0n) is 19.6. The number of aryl methyl sites for hydroxylation is 2. The van der Waals surface area contributed by atoms with Crippen molar-refractivity contribution in [2.24, 2.45) is 5.92 Å². The van der Waals surface area contributed by atoms with Crippen LogP contribution in [0.2, 0.25) is 0 Å². The summed E-state index contributed by atoms with van der Waals surface area (Å²) in [6, 6.07) is 18.2. The summed E-state index contributed by atoms with van der Waals surface area (Å²) in [5.41, 5.74) is 4.72. The number of carbonyl (C=O) groups is 2. The molecule has 0 spiro atoms. The molecule has 1 aromatic heterocycles. The number of carboxylic acids is 1.